The van der Waals surface area contributed by atoms with Gasteiger partial charge < -0.3 is 9.15 Å². The van der Waals surface area contributed by atoms with Gasteiger partial charge in [-0.25, -0.2) is 15.0 Å². The fourth-order valence-corrected chi connectivity index (χ4v) is 8.36. The number of hydrogen-bond donors (Lipinski definition) is 0. The van der Waals surface area contributed by atoms with Crippen LogP contribution in [0.3, 0.4) is 0 Å². The summed E-state index contributed by atoms with van der Waals surface area (Å²) in [5.74, 6) is 2.51. The monoisotopic (exact) mass is 755 g/mol. The van der Waals surface area contributed by atoms with Gasteiger partial charge in [-0.1, -0.05) is 170 Å². The van der Waals surface area contributed by atoms with Crippen molar-refractivity contribution >= 4 is 29.8 Å². The van der Waals surface area contributed by atoms with Gasteiger partial charge in [-0.3, -0.25) is 0 Å². The number of benzene rings is 8. The standard InChI is InChI=1S/C53H34BN3O2/c1-53(54)45-21-7-5-17-44(45)48-40(18-11-23-47(48)59-53)35-26-30-37(31-27-35)51-55-50(36-28-24-34(25-29-36)33-12-3-2-4-13-33)56-52(57-51)39-15-9-14-38(32-39)41-19-10-20-43-42-16-6-8-22-46(42)58-49(41)43/h2-32H,1H3. The van der Waals surface area contributed by atoms with E-state index in [9.17, 15) is 0 Å². The van der Waals surface area contributed by atoms with Gasteiger partial charge in [-0.2, -0.15) is 0 Å². The molecule has 276 valence electrons. The van der Waals surface area contributed by atoms with Gasteiger partial charge in [0.15, 0.2) is 17.5 Å². The second-order valence-corrected chi connectivity index (χ2v) is 15.1. The van der Waals surface area contributed by atoms with Crippen LogP contribution < -0.4 is 4.74 Å². The third-order valence-electron chi connectivity index (χ3n) is 11.3. The van der Waals surface area contributed by atoms with Crippen molar-refractivity contribution in [1.29, 1.82) is 0 Å². The predicted molar refractivity (Wildman–Crippen MR) is 239 cm³/mol. The predicted octanol–water partition coefficient (Wildman–Crippen LogP) is 13.2. The summed E-state index contributed by atoms with van der Waals surface area (Å²) in [7, 11) is 6.65. The Balaban J connectivity index is 1.02. The first kappa shape index (κ1) is 34.7. The number of fused-ring (bicyclic) bond motifs is 6. The van der Waals surface area contributed by atoms with E-state index in [1.807, 2.05) is 67.6 Å². The fraction of sp³-hybridized carbons (Fsp3) is 0.0377. The number of furan rings is 1. The van der Waals surface area contributed by atoms with E-state index < -0.39 is 5.50 Å². The highest BCUT2D eigenvalue weighted by atomic mass is 16.5. The summed E-state index contributed by atoms with van der Waals surface area (Å²) in [6.45, 7) is 1.91. The zero-order chi connectivity index (χ0) is 39.5. The lowest BCUT2D eigenvalue weighted by atomic mass is 9.72. The molecule has 1 aliphatic heterocycles. The van der Waals surface area contributed by atoms with Gasteiger partial charge in [0.1, 0.15) is 24.8 Å². The van der Waals surface area contributed by atoms with Crippen molar-refractivity contribution in [3.63, 3.8) is 0 Å². The molecule has 8 aromatic carbocycles. The minimum absolute atomic E-state index is 0.579. The molecular weight excluding hydrogens is 721 g/mol. The third-order valence-corrected chi connectivity index (χ3v) is 11.3. The van der Waals surface area contributed by atoms with Crippen molar-refractivity contribution in [2.75, 3.05) is 0 Å². The number of hydrogen-bond acceptors (Lipinski definition) is 5. The highest BCUT2D eigenvalue weighted by Crippen LogP contribution is 2.48. The molecule has 0 aliphatic carbocycles. The van der Waals surface area contributed by atoms with Gasteiger partial charge in [-0.15, -0.1) is 0 Å². The van der Waals surface area contributed by atoms with Crippen molar-refractivity contribution in [1.82, 2.24) is 15.0 Å². The highest BCUT2D eigenvalue weighted by molar-refractivity contribution is 6.16. The molecule has 1 unspecified atom stereocenters. The van der Waals surface area contributed by atoms with Crippen LogP contribution in [0.5, 0.6) is 5.75 Å². The van der Waals surface area contributed by atoms with Gasteiger partial charge in [0.25, 0.3) is 0 Å². The Kier molecular flexibility index (Phi) is 8.12. The summed E-state index contributed by atoms with van der Waals surface area (Å²) < 4.78 is 12.8. The fourth-order valence-electron chi connectivity index (χ4n) is 8.36. The van der Waals surface area contributed by atoms with Crippen molar-refractivity contribution in [2.24, 2.45) is 0 Å². The molecule has 0 saturated carbocycles. The Labute approximate surface area is 343 Å². The summed E-state index contributed by atoms with van der Waals surface area (Å²) in [6.07, 6.45) is 0. The lowest BCUT2D eigenvalue weighted by molar-refractivity contribution is 0.175. The largest absolute Gasteiger partial charge is 0.492 e. The van der Waals surface area contributed by atoms with E-state index in [0.717, 1.165) is 94.4 Å². The zero-order valence-electron chi connectivity index (χ0n) is 32.1. The number of para-hydroxylation sites is 2. The van der Waals surface area contributed by atoms with Crippen LogP contribution in [0.2, 0.25) is 0 Å². The highest BCUT2D eigenvalue weighted by Gasteiger charge is 2.33. The molecule has 1 atom stereocenters. The van der Waals surface area contributed by atoms with E-state index >= 15 is 0 Å². The molecular formula is C53H34BN3O2. The Hall–Kier alpha value is -7.57. The number of nitrogens with zero attached hydrogens (tertiary/aromatic N) is 3. The molecule has 3 heterocycles. The summed E-state index contributed by atoms with van der Waals surface area (Å²) in [4.78, 5) is 15.3. The molecule has 6 heteroatoms. The Morgan fingerprint density at radius 3 is 1.73 bits per heavy atom. The summed E-state index contributed by atoms with van der Waals surface area (Å²) >= 11 is 0. The van der Waals surface area contributed by atoms with Crippen molar-refractivity contribution in [2.45, 2.75) is 12.4 Å². The van der Waals surface area contributed by atoms with E-state index in [0.29, 0.717) is 17.5 Å². The average molecular weight is 756 g/mol. The Morgan fingerprint density at radius 1 is 0.424 bits per heavy atom. The van der Waals surface area contributed by atoms with Crippen LogP contribution >= 0.6 is 0 Å². The molecule has 11 rings (SSSR count). The molecule has 2 aromatic heterocycles. The van der Waals surface area contributed by atoms with E-state index in [1.165, 1.54) is 0 Å². The molecule has 0 amide bonds. The minimum Gasteiger partial charge on any atom is -0.492 e. The summed E-state index contributed by atoms with van der Waals surface area (Å²) in [5, 5.41) is 2.18. The molecule has 10 aromatic rings. The minimum atomic E-state index is -0.928. The zero-order valence-corrected chi connectivity index (χ0v) is 32.1. The molecule has 0 spiro atoms. The molecule has 1 aliphatic rings. The maximum Gasteiger partial charge on any atom is 0.164 e. The molecule has 0 fully saturated rings. The Morgan fingerprint density at radius 2 is 0.949 bits per heavy atom. The number of ether oxygens (including phenoxy) is 1. The first-order valence-corrected chi connectivity index (χ1v) is 19.7. The smallest absolute Gasteiger partial charge is 0.164 e. The first-order chi connectivity index (χ1) is 29.0. The molecule has 0 N–H and O–H groups in total. The molecule has 0 saturated heterocycles. The first-order valence-electron chi connectivity index (χ1n) is 19.7. The van der Waals surface area contributed by atoms with E-state index in [2.05, 4.69) is 127 Å². The van der Waals surface area contributed by atoms with Crippen LogP contribution in [0.4, 0.5) is 0 Å². The second-order valence-electron chi connectivity index (χ2n) is 15.1. The van der Waals surface area contributed by atoms with Gasteiger partial charge in [0.2, 0.25) is 0 Å². The van der Waals surface area contributed by atoms with Crippen LogP contribution in [0, 0.1) is 0 Å². The Bertz CT molecular complexity index is 3210. The quantitative estimate of drug-likeness (QED) is 0.158. The lowest BCUT2D eigenvalue weighted by Gasteiger charge is -2.36. The lowest BCUT2D eigenvalue weighted by Crippen LogP contribution is -2.33. The van der Waals surface area contributed by atoms with Crippen molar-refractivity contribution < 1.29 is 9.15 Å². The maximum absolute atomic E-state index is 6.65. The van der Waals surface area contributed by atoms with Gasteiger partial charge >= 0.3 is 0 Å². The maximum atomic E-state index is 6.65. The summed E-state index contributed by atoms with van der Waals surface area (Å²) in [6, 6.07) is 64.3. The molecule has 5 nitrogen and oxygen atoms in total. The SMILES string of the molecule is [B]C1(C)Oc2cccc(-c3ccc(-c4nc(-c5ccc(-c6ccccc6)cc5)nc(-c5cccc(-c6cccc7c6oc6ccccc67)c5)n4)cc3)c2-c2ccccc21. The van der Waals surface area contributed by atoms with Crippen LogP contribution in [0.1, 0.15) is 12.5 Å². The van der Waals surface area contributed by atoms with Crippen LogP contribution in [-0.2, 0) is 5.50 Å². The average Bonchev–Trinajstić information content (AvgIpc) is 3.68. The number of rotatable bonds is 6. The van der Waals surface area contributed by atoms with Crippen LogP contribution in [0.25, 0.3) is 101 Å². The molecule has 59 heavy (non-hydrogen) atoms. The second kappa shape index (κ2) is 13.8. The van der Waals surface area contributed by atoms with Gasteiger partial charge in [-0.05, 0) is 64.1 Å². The number of aromatic nitrogens is 3. The topological polar surface area (TPSA) is 61.0 Å². The van der Waals surface area contributed by atoms with E-state index in [1.54, 1.807) is 0 Å². The van der Waals surface area contributed by atoms with Gasteiger partial charge in [0, 0.05) is 38.6 Å². The van der Waals surface area contributed by atoms with Crippen molar-refractivity contribution in [3.05, 3.63) is 194 Å². The molecule has 0 bridgehead atoms. The van der Waals surface area contributed by atoms with Gasteiger partial charge in [0.05, 0.1) is 5.50 Å². The van der Waals surface area contributed by atoms with E-state index in [4.69, 9.17) is 32.0 Å². The van der Waals surface area contributed by atoms with Crippen LogP contribution in [-0.4, -0.2) is 22.8 Å². The van der Waals surface area contributed by atoms with Crippen molar-refractivity contribution in [3.8, 4) is 84.4 Å². The summed E-state index contributed by atoms with van der Waals surface area (Å²) in [5.41, 5.74) is 12.9. The van der Waals surface area contributed by atoms with E-state index in [-0.39, 0.29) is 0 Å². The molecule has 2 radical (unpaired) electrons. The third kappa shape index (κ3) is 6.09. The van der Waals surface area contributed by atoms with Crippen LogP contribution in [0.15, 0.2) is 192 Å². The normalized spacial score (nSPS) is 14.5.